The van der Waals surface area contributed by atoms with Gasteiger partial charge in [-0.1, -0.05) is 28.1 Å². The second-order valence-corrected chi connectivity index (χ2v) is 5.08. The number of nitrogens with zero attached hydrogens (tertiary/aromatic N) is 1. The van der Waals surface area contributed by atoms with Gasteiger partial charge in [-0.2, -0.15) is 4.68 Å². The predicted molar refractivity (Wildman–Crippen MR) is 71.6 cm³/mol. The molecule has 1 aromatic carbocycles. The quantitative estimate of drug-likeness (QED) is 0.794. The van der Waals surface area contributed by atoms with E-state index >= 15 is 0 Å². The standard InChI is InChI=1S/C11H10BrN3O3/c1-6(12)9(16)14-15-10(17)7-4-2-3-5-8(7)13-11(15)18/h2-6H,1H3,(H,13,18)(H,14,16)/t6-/m1/s1. The van der Waals surface area contributed by atoms with Crippen molar-refractivity contribution in [1.29, 1.82) is 0 Å². The number of alkyl halides is 1. The molecule has 18 heavy (non-hydrogen) atoms. The first-order chi connectivity index (χ1) is 8.50. The molecule has 94 valence electrons. The van der Waals surface area contributed by atoms with Crippen LogP contribution >= 0.6 is 15.9 Å². The summed E-state index contributed by atoms with van der Waals surface area (Å²) in [5, 5.41) is 0.333. The highest BCUT2D eigenvalue weighted by Gasteiger charge is 2.13. The van der Waals surface area contributed by atoms with Gasteiger partial charge in [-0.15, -0.1) is 0 Å². The fourth-order valence-corrected chi connectivity index (χ4v) is 1.57. The van der Waals surface area contributed by atoms with Gasteiger partial charge in [-0.25, -0.2) is 4.79 Å². The van der Waals surface area contributed by atoms with E-state index in [4.69, 9.17) is 0 Å². The van der Waals surface area contributed by atoms with Gasteiger partial charge in [-0.05, 0) is 19.1 Å². The summed E-state index contributed by atoms with van der Waals surface area (Å²) >= 11 is 3.06. The molecule has 0 spiro atoms. The lowest BCUT2D eigenvalue weighted by Crippen LogP contribution is -2.45. The minimum atomic E-state index is -0.680. The highest BCUT2D eigenvalue weighted by molar-refractivity contribution is 9.10. The minimum Gasteiger partial charge on any atom is -0.305 e. The number of fused-ring (bicyclic) bond motifs is 1. The number of nitrogens with one attached hydrogen (secondary N) is 2. The molecule has 0 radical (unpaired) electrons. The molecule has 2 aromatic rings. The third-order valence-corrected chi connectivity index (χ3v) is 2.80. The summed E-state index contributed by atoms with van der Waals surface area (Å²) in [4.78, 5) is 37.2. The number of rotatable bonds is 2. The van der Waals surface area contributed by atoms with Gasteiger partial charge in [0.05, 0.1) is 15.7 Å². The lowest BCUT2D eigenvalue weighted by molar-refractivity contribution is -0.116. The molecule has 6 nitrogen and oxygen atoms in total. The number of carbonyl (C=O) groups is 1. The van der Waals surface area contributed by atoms with E-state index in [1.807, 2.05) is 0 Å². The Balaban J connectivity index is 2.62. The van der Waals surface area contributed by atoms with Crippen molar-refractivity contribution in [3.05, 3.63) is 45.1 Å². The number of para-hydroxylation sites is 1. The summed E-state index contributed by atoms with van der Waals surface area (Å²) < 4.78 is 0.669. The van der Waals surface area contributed by atoms with E-state index in [2.05, 4.69) is 26.3 Å². The SMILES string of the molecule is C[C@@H](Br)C(=O)Nn1c(=O)[nH]c2ccccc2c1=O. The number of aromatic nitrogens is 2. The van der Waals surface area contributed by atoms with Gasteiger partial charge in [0.2, 0.25) is 0 Å². The van der Waals surface area contributed by atoms with Crippen LogP contribution in [0.1, 0.15) is 6.92 Å². The zero-order valence-electron chi connectivity index (χ0n) is 9.44. The Bertz CT molecular complexity index is 717. The Morgan fingerprint density at radius 2 is 2.06 bits per heavy atom. The van der Waals surface area contributed by atoms with Crippen molar-refractivity contribution in [3.63, 3.8) is 0 Å². The molecule has 0 fully saturated rings. The Labute approximate surface area is 110 Å². The summed E-state index contributed by atoms with van der Waals surface area (Å²) in [6.45, 7) is 1.59. The monoisotopic (exact) mass is 311 g/mol. The molecule has 7 heteroatoms. The van der Waals surface area contributed by atoms with Gasteiger partial charge in [0.25, 0.3) is 11.5 Å². The number of hydrogen-bond donors (Lipinski definition) is 2. The maximum absolute atomic E-state index is 12.0. The third kappa shape index (κ3) is 2.21. The number of H-pyrrole nitrogens is 1. The number of carbonyl (C=O) groups excluding carboxylic acids is 1. The molecular weight excluding hydrogens is 302 g/mol. The Morgan fingerprint density at radius 1 is 1.39 bits per heavy atom. The summed E-state index contributed by atoms with van der Waals surface area (Å²) in [6.07, 6.45) is 0. The van der Waals surface area contributed by atoms with Crippen LogP contribution in [0.15, 0.2) is 33.9 Å². The van der Waals surface area contributed by atoms with E-state index in [1.165, 1.54) is 0 Å². The molecule has 0 aliphatic rings. The summed E-state index contributed by atoms with van der Waals surface area (Å²) in [5.41, 5.74) is 1.44. The van der Waals surface area contributed by atoms with E-state index in [0.717, 1.165) is 0 Å². The molecule has 0 unspecified atom stereocenters. The van der Waals surface area contributed by atoms with Gasteiger partial charge in [0.1, 0.15) is 0 Å². The summed E-state index contributed by atoms with van der Waals surface area (Å²) in [6, 6.07) is 6.59. The number of hydrogen-bond acceptors (Lipinski definition) is 3. The highest BCUT2D eigenvalue weighted by Crippen LogP contribution is 2.02. The lowest BCUT2D eigenvalue weighted by atomic mass is 10.2. The number of aromatic amines is 1. The molecule has 0 aliphatic heterocycles. The van der Waals surface area contributed by atoms with Crippen molar-refractivity contribution in [2.24, 2.45) is 0 Å². The largest absolute Gasteiger partial charge is 0.348 e. The smallest absolute Gasteiger partial charge is 0.305 e. The Kier molecular flexibility index (Phi) is 3.33. The van der Waals surface area contributed by atoms with Gasteiger partial charge >= 0.3 is 5.69 Å². The van der Waals surface area contributed by atoms with Crippen molar-refractivity contribution in [2.45, 2.75) is 11.8 Å². The number of halogens is 1. The third-order valence-electron chi connectivity index (χ3n) is 2.39. The van der Waals surface area contributed by atoms with Crippen LogP contribution in [0.2, 0.25) is 0 Å². The van der Waals surface area contributed by atoms with Crippen molar-refractivity contribution in [3.8, 4) is 0 Å². The second-order valence-electron chi connectivity index (χ2n) is 3.71. The maximum Gasteiger partial charge on any atom is 0.348 e. The molecule has 0 aliphatic carbocycles. The Hall–Kier alpha value is -1.89. The minimum absolute atomic E-state index is 0.333. The van der Waals surface area contributed by atoms with Gasteiger partial charge < -0.3 is 4.98 Å². The van der Waals surface area contributed by atoms with E-state index < -0.39 is 22.0 Å². The lowest BCUT2D eigenvalue weighted by Gasteiger charge is -2.08. The normalized spacial score (nSPS) is 12.3. The zero-order valence-corrected chi connectivity index (χ0v) is 11.0. The van der Waals surface area contributed by atoms with Crippen molar-refractivity contribution < 1.29 is 4.79 Å². The average Bonchev–Trinajstić information content (AvgIpc) is 2.34. The van der Waals surface area contributed by atoms with Gasteiger partial charge in [0.15, 0.2) is 0 Å². The van der Waals surface area contributed by atoms with Crippen LogP contribution in [0.4, 0.5) is 0 Å². The van der Waals surface area contributed by atoms with Crippen LogP contribution in [0.25, 0.3) is 10.9 Å². The van der Waals surface area contributed by atoms with Crippen LogP contribution in [-0.4, -0.2) is 20.4 Å². The van der Waals surface area contributed by atoms with Crippen molar-refractivity contribution in [2.75, 3.05) is 5.43 Å². The maximum atomic E-state index is 12.0. The predicted octanol–water partition coefficient (Wildman–Crippen LogP) is 0.543. The van der Waals surface area contributed by atoms with Crippen LogP contribution in [0.5, 0.6) is 0 Å². The van der Waals surface area contributed by atoms with Crippen molar-refractivity contribution >= 4 is 32.7 Å². The van der Waals surface area contributed by atoms with Crippen LogP contribution in [-0.2, 0) is 4.79 Å². The molecule has 0 saturated carbocycles. The van der Waals surface area contributed by atoms with Crippen LogP contribution in [0, 0.1) is 0 Å². The molecule has 1 atom stereocenters. The van der Waals surface area contributed by atoms with E-state index in [1.54, 1.807) is 31.2 Å². The fourth-order valence-electron chi connectivity index (χ4n) is 1.46. The highest BCUT2D eigenvalue weighted by atomic mass is 79.9. The molecule has 2 rings (SSSR count). The van der Waals surface area contributed by atoms with Gasteiger partial charge in [-0.3, -0.25) is 15.0 Å². The van der Waals surface area contributed by atoms with Gasteiger partial charge in [0, 0.05) is 0 Å². The molecule has 1 aromatic heterocycles. The zero-order chi connectivity index (χ0) is 13.3. The first kappa shape index (κ1) is 12.6. The summed E-state index contributed by atoms with van der Waals surface area (Å²) in [7, 11) is 0. The second kappa shape index (κ2) is 4.77. The van der Waals surface area contributed by atoms with Crippen LogP contribution in [0.3, 0.4) is 0 Å². The van der Waals surface area contributed by atoms with E-state index in [-0.39, 0.29) is 0 Å². The van der Waals surface area contributed by atoms with E-state index in [9.17, 15) is 14.4 Å². The van der Waals surface area contributed by atoms with E-state index in [0.29, 0.717) is 15.6 Å². The molecule has 2 N–H and O–H groups in total. The molecule has 1 amide bonds. The fraction of sp³-hybridized carbons (Fsp3) is 0.182. The average molecular weight is 312 g/mol. The number of benzene rings is 1. The van der Waals surface area contributed by atoms with Crippen molar-refractivity contribution in [1.82, 2.24) is 9.66 Å². The Morgan fingerprint density at radius 3 is 2.72 bits per heavy atom. The first-order valence-electron chi connectivity index (χ1n) is 5.19. The summed E-state index contributed by atoms with van der Waals surface area (Å²) in [5.74, 6) is -0.474. The molecular formula is C11H10BrN3O3. The first-order valence-corrected chi connectivity index (χ1v) is 6.11. The molecule has 0 bridgehead atoms. The topological polar surface area (TPSA) is 84.0 Å². The molecule has 1 heterocycles. The number of amides is 1. The molecule has 0 saturated heterocycles. The van der Waals surface area contributed by atoms with Crippen LogP contribution < -0.4 is 16.7 Å².